The fraction of sp³-hybridized carbons (Fsp3) is 0.370. The molecule has 0 spiro atoms. The number of alkyl halides is 3. The van der Waals surface area contributed by atoms with E-state index < -0.39 is 17.8 Å². The minimum atomic E-state index is -4.38. The maximum atomic E-state index is 12.9. The SMILES string of the molecule is CC(=O)C(C)Oc1ccc(C(=O)CCc2sc(-c3ccc(C(F)(F)F)cc3)nc2C(C)C)cc1C. The summed E-state index contributed by atoms with van der Waals surface area (Å²) in [5.74, 6) is 0.570. The lowest BCUT2D eigenvalue weighted by Gasteiger charge is -2.14. The third kappa shape index (κ3) is 6.57. The smallest absolute Gasteiger partial charge is 0.416 e. The highest BCUT2D eigenvalue weighted by Gasteiger charge is 2.30. The van der Waals surface area contributed by atoms with Crippen LogP contribution in [0.1, 0.15) is 72.1 Å². The zero-order valence-corrected chi connectivity index (χ0v) is 21.1. The van der Waals surface area contributed by atoms with Crippen LogP contribution >= 0.6 is 11.3 Å². The predicted octanol–water partition coefficient (Wildman–Crippen LogP) is 7.43. The van der Waals surface area contributed by atoms with Crippen molar-refractivity contribution in [3.63, 3.8) is 0 Å². The van der Waals surface area contributed by atoms with E-state index in [0.29, 0.717) is 28.3 Å². The summed E-state index contributed by atoms with van der Waals surface area (Å²) in [5, 5.41) is 0.641. The number of rotatable bonds is 9. The van der Waals surface area contributed by atoms with E-state index in [1.807, 2.05) is 20.8 Å². The first-order valence-electron chi connectivity index (χ1n) is 11.3. The standard InChI is InChI=1S/C27H28F3NO3S/c1-15(2)25-24(35-26(31-25)19-6-9-21(10-7-19)27(28,29)30)13-11-22(33)20-8-12-23(16(3)14-20)34-18(5)17(4)32/h6-10,12,14-15,18H,11,13H2,1-5H3. The molecule has 1 atom stereocenters. The first-order chi connectivity index (χ1) is 16.4. The second-order valence-corrected chi connectivity index (χ2v) is 9.92. The summed E-state index contributed by atoms with van der Waals surface area (Å²) in [6, 6.07) is 10.1. The van der Waals surface area contributed by atoms with Crippen molar-refractivity contribution >= 4 is 22.9 Å². The number of aryl methyl sites for hydroxylation is 2. The van der Waals surface area contributed by atoms with Gasteiger partial charge in [-0.15, -0.1) is 11.3 Å². The molecule has 0 N–H and O–H groups in total. The largest absolute Gasteiger partial charge is 0.483 e. The van der Waals surface area contributed by atoms with Crippen LogP contribution in [0.3, 0.4) is 0 Å². The summed E-state index contributed by atoms with van der Waals surface area (Å²) in [5.41, 5.74) is 2.11. The van der Waals surface area contributed by atoms with Crippen molar-refractivity contribution < 1.29 is 27.5 Å². The number of thiazole rings is 1. The average molecular weight is 504 g/mol. The van der Waals surface area contributed by atoms with Crippen LogP contribution in [-0.4, -0.2) is 22.7 Å². The molecular formula is C27H28F3NO3S. The lowest BCUT2D eigenvalue weighted by Crippen LogP contribution is -2.21. The van der Waals surface area contributed by atoms with Gasteiger partial charge in [-0.2, -0.15) is 13.2 Å². The second-order valence-electron chi connectivity index (χ2n) is 8.83. The Kier molecular flexibility index (Phi) is 8.15. The first kappa shape index (κ1) is 26.6. The van der Waals surface area contributed by atoms with Gasteiger partial charge in [0, 0.05) is 22.4 Å². The molecule has 1 aromatic heterocycles. The van der Waals surface area contributed by atoms with Crippen LogP contribution in [0, 0.1) is 6.92 Å². The van der Waals surface area contributed by atoms with Gasteiger partial charge in [-0.1, -0.05) is 26.0 Å². The van der Waals surface area contributed by atoms with Gasteiger partial charge in [0.2, 0.25) is 0 Å². The van der Waals surface area contributed by atoms with Crippen molar-refractivity contribution in [3.8, 4) is 16.3 Å². The molecule has 0 aliphatic carbocycles. The van der Waals surface area contributed by atoms with Crippen molar-refractivity contribution in [2.75, 3.05) is 0 Å². The van der Waals surface area contributed by atoms with Crippen LogP contribution in [0.4, 0.5) is 13.2 Å². The molecule has 0 saturated heterocycles. The molecule has 0 fully saturated rings. The van der Waals surface area contributed by atoms with Crippen LogP contribution in [0.25, 0.3) is 10.6 Å². The van der Waals surface area contributed by atoms with Gasteiger partial charge < -0.3 is 4.74 Å². The molecule has 35 heavy (non-hydrogen) atoms. The molecule has 0 aliphatic rings. The maximum Gasteiger partial charge on any atom is 0.416 e. The highest BCUT2D eigenvalue weighted by atomic mass is 32.1. The van der Waals surface area contributed by atoms with Crippen LogP contribution in [0.5, 0.6) is 5.75 Å². The summed E-state index contributed by atoms with van der Waals surface area (Å²) in [4.78, 5) is 30.0. The van der Waals surface area contributed by atoms with Gasteiger partial charge in [-0.05, 0) is 69.0 Å². The van der Waals surface area contributed by atoms with Gasteiger partial charge in [0.15, 0.2) is 17.7 Å². The fourth-order valence-electron chi connectivity index (χ4n) is 3.52. The second kappa shape index (κ2) is 10.7. The quantitative estimate of drug-likeness (QED) is 0.285. The van der Waals surface area contributed by atoms with Crippen molar-refractivity contribution in [3.05, 3.63) is 69.7 Å². The Morgan fingerprint density at radius 1 is 1.06 bits per heavy atom. The normalized spacial score (nSPS) is 12.6. The molecule has 8 heteroatoms. The zero-order valence-electron chi connectivity index (χ0n) is 20.3. The summed E-state index contributed by atoms with van der Waals surface area (Å²) in [6.45, 7) is 8.98. The Bertz CT molecular complexity index is 1210. The van der Waals surface area contributed by atoms with Gasteiger partial charge in [0.1, 0.15) is 10.8 Å². The third-order valence-corrected chi connectivity index (χ3v) is 6.87. The van der Waals surface area contributed by atoms with Gasteiger partial charge in [0.25, 0.3) is 0 Å². The molecular weight excluding hydrogens is 475 g/mol. The molecule has 1 heterocycles. The van der Waals surface area contributed by atoms with Crippen LogP contribution in [-0.2, 0) is 17.4 Å². The molecule has 0 saturated carbocycles. The van der Waals surface area contributed by atoms with Crippen LogP contribution < -0.4 is 4.74 Å². The number of ether oxygens (including phenoxy) is 1. The molecule has 0 bridgehead atoms. The van der Waals surface area contributed by atoms with E-state index in [2.05, 4.69) is 4.98 Å². The van der Waals surface area contributed by atoms with Crippen molar-refractivity contribution in [1.82, 2.24) is 4.98 Å². The predicted molar refractivity (Wildman–Crippen MR) is 131 cm³/mol. The molecule has 0 aliphatic heterocycles. The molecule has 0 amide bonds. The lowest BCUT2D eigenvalue weighted by molar-refractivity contribution is -0.137. The number of carbonyl (C=O) groups excluding carboxylic acids is 2. The number of carbonyl (C=O) groups is 2. The summed E-state index contributed by atoms with van der Waals surface area (Å²) < 4.78 is 44.3. The van der Waals surface area contributed by atoms with E-state index in [1.165, 1.54) is 30.4 Å². The first-order valence-corrected chi connectivity index (χ1v) is 12.2. The van der Waals surface area contributed by atoms with E-state index in [0.717, 1.165) is 28.3 Å². The van der Waals surface area contributed by atoms with Gasteiger partial charge in [-0.3, -0.25) is 9.59 Å². The van der Waals surface area contributed by atoms with E-state index in [9.17, 15) is 22.8 Å². The molecule has 1 unspecified atom stereocenters. The van der Waals surface area contributed by atoms with Crippen LogP contribution in [0.15, 0.2) is 42.5 Å². The van der Waals surface area contributed by atoms with Gasteiger partial charge >= 0.3 is 6.18 Å². The van der Waals surface area contributed by atoms with Crippen molar-refractivity contribution in [2.24, 2.45) is 0 Å². The Hall–Kier alpha value is -3.00. The number of halogens is 3. The third-order valence-electron chi connectivity index (χ3n) is 5.69. The molecule has 4 nitrogen and oxygen atoms in total. The summed E-state index contributed by atoms with van der Waals surface area (Å²) in [7, 11) is 0. The number of hydrogen-bond donors (Lipinski definition) is 0. The molecule has 2 aromatic carbocycles. The monoisotopic (exact) mass is 503 g/mol. The highest BCUT2D eigenvalue weighted by molar-refractivity contribution is 7.15. The number of benzene rings is 2. The molecule has 3 rings (SSSR count). The summed E-state index contributed by atoms with van der Waals surface area (Å²) in [6.07, 6.45) is -4.18. The van der Waals surface area contributed by atoms with Crippen molar-refractivity contribution in [1.29, 1.82) is 0 Å². The lowest BCUT2D eigenvalue weighted by atomic mass is 10.0. The van der Waals surface area contributed by atoms with Crippen LogP contribution in [0.2, 0.25) is 0 Å². The van der Waals surface area contributed by atoms with E-state index in [4.69, 9.17) is 4.74 Å². The maximum absolute atomic E-state index is 12.9. The number of ketones is 2. The number of aromatic nitrogens is 1. The Balaban J connectivity index is 1.74. The Labute approximate surface area is 207 Å². The van der Waals surface area contributed by atoms with Gasteiger partial charge in [-0.25, -0.2) is 4.98 Å². The molecule has 186 valence electrons. The minimum absolute atomic E-state index is 0.0292. The number of Topliss-reactive ketones (excluding diaryl/α,β-unsaturated/α-hetero) is 2. The van der Waals surface area contributed by atoms with Gasteiger partial charge in [0.05, 0.1) is 11.3 Å². The molecule has 0 radical (unpaired) electrons. The number of nitrogens with zero attached hydrogens (tertiary/aromatic N) is 1. The highest BCUT2D eigenvalue weighted by Crippen LogP contribution is 2.35. The van der Waals surface area contributed by atoms with E-state index in [1.54, 1.807) is 25.1 Å². The topological polar surface area (TPSA) is 56.3 Å². The minimum Gasteiger partial charge on any atom is -0.483 e. The molecule has 3 aromatic rings. The Morgan fingerprint density at radius 3 is 2.26 bits per heavy atom. The Morgan fingerprint density at radius 2 is 1.71 bits per heavy atom. The zero-order chi connectivity index (χ0) is 25.9. The summed E-state index contributed by atoms with van der Waals surface area (Å²) >= 11 is 1.41. The van der Waals surface area contributed by atoms with Crippen molar-refractivity contribution in [2.45, 2.75) is 65.7 Å². The number of hydrogen-bond acceptors (Lipinski definition) is 5. The van der Waals surface area contributed by atoms with E-state index >= 15 is 0 Å². The fourth-order valence-corrected chi connectivity index (χ4v) is 4.74. The van der Waals surface area contributed by atoms with E-state index in [-0.39, 0.29) is 23.9 Å². The average Bonchev–Trinajstić information content (AvgIpc) is 3.23.